The number of carbonyl (C=O) groups excluding carboxylic acids is 4. The van der Waals surface area contributed by atoms with Gasteiger partial charge in [-0.1, -0.05) is 37.5 Å². The molecule has 2 bridgehead atoms. The second-order valence-corrected chi connectivity index (χ2v) is 13.7. The summed E-state index contributed by atoms with van der Waals surface area (Å²) in [7, 11) is 3.18. The minimum Gasteiger partial charge on any atom is -0.493 e. The number of aryl methyl sites for hydroxylation is 1. The second kappa shape index (κ2) is 16.0. The Morgan fingerprint density at radius 3 is 2.35 bits per heavy atom. The molecule has 264 valence electrons. The molecule has 2 saturated heterocycles. The van der Waals surface area contributed by atoms with Crippen molar-refractivity contribution < 1.29 is 38.1 Å². The van der Waals surface area contributed by atoms with Crippen molar-refractivity contribution in [3.8, 4) is 17.2 Å². The van der Waals surface area contributed by atoms with Crippen LogP contribution in [-0.4, -0.2) is 85.5 Å². The fraction of sp³-hybridized carbons (Fsp3) is 0.579. The zero-order chi connectivity index (χ0) is 34.3. The zero-order valence-corrected chi connectivity index (χ0v) is 28.7. The summed E-state index contributed by atoms with van der Waals surface area (Å²) in [6.07, 6.45) is 8.39. The lowest BCUT2D eigenvalue weighted by atomic mass is 9.82. The molecule has 11 heteroatoms. The molecular weight excluding hydrogens is 626 g/mol. The third-order valence-corrected chi connectivity index (χ3v) is 10.6. The molecule has 3 fully saturated rings. The first-order chi connectivity index (χ1) is 23.9. The summed E-state index contributed by atoms with van der Waals surface area (Å²) in [6, 6.07) is 10.8. The molecule has 1 N–H and O–H groups in total. The summed E-state index contributed by atoms with van der Waals surface area (Å²) in [5.74, 6) is 0.406. The Hall–Kier alpha value is -4.28. The molecule has 49 heavy (non-hydrogen) atoms. The van der Waals surface area contributed by atoms with E-state index in [1.54, 1.807) is 36.2 Å². The highest BCUT2D eigenvalue weighted by molar-refractivity contribution is 5.94. The van der Waals surface area contributed by atoms with Gasteiger partial charge in [0.1, 0.15) is 30.0 Å². The maximum atomic E-state index is 14.5. The molecule has 4 atom stereocenters. The van der Waals surface area contributed by atoms with Gasteiger partial charge in [-0.05, 0) is 99.1 Å². The first-order valence-corrected chi connectivity index (χ1v) is 17.9. The van der Waals surface area contributed by atoms with Gasteiger partial charge in [0.2, 0.25) is 11.8 Å². The highest BCUT2D eigenvalue weighted by atomic mass is 16.5. The average molecular weight is 676 g/mol. The van der Waals surface area contributed by atoms with E-state index in [0.717, 1.165) is 56.1 Å². The fourth-order valence-corrected chi connectivity index (χ4v) is 7.93. The van der Waals surface area contributed by atoms with Gasteiger partial charge < -0.3 is 34.1 Å². The highest BCUT2D eigenvalue weighted by Gasteiger charge is 2.43. The lowest BCUT2D eigenvalue weighted by Gasteiger charge is -2.40. The molecule has 0 radical (unpaired) electrons. The Morgan fingerprint density at radius 2 is 1.55 bits per heavy atom. The number of hydrogen-bond acceptors (Lipinski definition) is 8. The van der Waals surface area contributed by atoms with E-state index in [1.807, 2.05) is 30.3 Å². The number of rotatable bonds is 6. The lowest BCUT2D eigenvalue weighted by molar-refractivity contribution is -0.163. The number of carbonyl (C=O) groups is 4. The molecule has 0 unspecified atom stereocenters. The van der Waals surface area contributed by atoms with Crippen LogP contribution in [0.4, 0.5) is 0 Å². The smallest absolute Gasteiger partial charge is 0.329 e. The number of fused-ring (bicyclic) bond motifs is 4. The maximum Gasteiger partial charge on any atom is 0.329 e. The number of hydrogen-bond donors (Lipinski definition) is 1. The number of cyclic esters (lactones) is 1. The van der Waals surface area contributed by atoms with Gasteiger partial charge in [-0.15, -0.1) is 0 Å². The summed E-state index contributed by atoms with van der Waals surface area (Å²) in [6.45, 7) is 0.645. The molecule has 2 aromatic carbocycles. The molecule has 4 aliphatic rings. The number of nitrogens with zero attached hydrogens (tertiary/aromatic N) is 2. The summed E-state index contributed by atoms with van der Waals surface area (Å²) in [5, 5.41) is 3.10. The van der Waals surface area contributed by atoms with Crippen LogP contribution in [0.25, 0.3) is 0 Å². The number of ether oxygens (including phenoxy) is 4. The SMILES string of the molecule is COc1ccc(CC[C@H]2OC(=O)[C@@H]3CCCCN3C(=O)[C@@H](C3CCCCC3)NC(=O)[C@H]3CCCN3C(=O)COc3cccc2c3)cc1OC. The van der Waals surface area contributed by atoms with Gasteiger partial charge in [0.15, 0.2) is 18.1 Å². The Balaban J connectivity index is 1.33. The monoisotopic (exact) mass is 675 g/mol. The zero-order valence-electron chi connectivity index (χ0n) is 28.7. The number of esters is 1. The van der Waals surface area contributed by atoms with E-state index in [1.165, 1.54) is 0 Å². The highest BCUT2D eigenvalue weighted by Crippen LogP contribution is 2.34. The van der Waals surface area contributed by atoms with E-state index in [2.05, 4.69) is 5.32 Å². The Labute approximate surface area is 288 Å². The first-order valence-electron chi connectivity index (χ1n) is 17.9. The summed E-state index contributed by atoms with van der Waals surface area (Å²) in [4.78, 5) is 59.2. The number of nitrogens with one attached hydrogen (secondary N) is 1. The average Bonchev–Trinajstić information content (AvgIpc) is 3.65. The molecule has 3 heterocycles. The molecule has 3 amide bonds. The minimum atomic E-state index is -0.762. The van der Waals surface area contributed by atoms with Crippen LogP contribution in [0.15, 0.2) is 42.5 Å². The van der Waals surface area contributed by atoms with E-state index in [4.69, 9.17) is 18.9 Å². The minimum absolute atomic E-state index is 0.0320. The van der Waals surface area contributed by atoms with Crippen molar-refractivity contribution in [2.24, 2.45) is 5.92 Å². The third kappa shape index (κ3) is 7.97. The van der Waals surface area contributed by atoms with Gasteiger partial charge in [-0.25, -0.2) is 4.79 Å². The van der Waals surface area contributed by atoms with E-state index < -0.39 is 30.2 Å². The Kier molecular flexibility index (Phi) is 11.3. The first kappa shape index (κ1) is 34.6. The Morgan fingerprint density at radius 1 is 0.796 bits per heavy atom. The van der Waals surface area contributed by atoms with Gasteiger partial charge in [0, 0.05) is 13.1 Å². The molecule has 6 rings (SSSR count). The fourth-order valence-electron chi connectivity index (χ4n) is 7.93. The van der Waals surface area contributed by atoms with Gasteiger partial charge in [-0.2, -0.15) is 0 Å². The number of methoxy groups -OCH3 is 2. The maximum absolute atomic E-state index is 14.5. The topological polar surface area (TPSA) is 124 Å². The molecule has 1 saturated carbocycles. The van der Waals surface area contributed by atoms with Crippen LogP contribution < -0.4 is 19.5 Å². The van der Waals surface area contributed by atoms with Crippen molar-refractivity contribution in [3.63, 3.8) is 0 Å². The van der Waals surface area contributed by atoms with Crippen LogP contribution in [0.3, 0.4) is 0 Å². The van der Waals surface area contributed by atoms with Gasteiger partial charge in [0.05, 0.1) is 14.2 Å². The van der Waals surface area contributed by atoms with Crippen molar-refractivity contribution in [2.75, 3.05) is 33.9 Å². The quantitative estimate of drug-likeness (QED) is 0.436. The van der Waals surface area contributed by atoms with Crippen molar-refractivity contribution in [1.82, 2.24) is 15.1 Å². The Bertz CT molecular complexity index is 1510. The molecule has 0 spiro atoms. The predicted octanol–water partition coefficient (Wildman–Crippen LogP) is 4.75. The van der Waals surface area contributed by atoms with Gasteiger partial charge in [0.25, 0.3) is 5.91 Å². The van der Waals surface area contributed by atoms with Crippen LogP contribution in [0.5, 0.6) is 17.2 Å². The number of amides is 3. The van der Waals surface area contributed by atoms with Crippen molar-refractivity contribution in [3.05, 3.63) is 53.6 Å². The van der Waals surface area contributed by atoms with Crippen LogP contribution in [0, 0.1) is 5.92 Å². The summed E-state index contributed by atoms with van der Waals surface area (Å²) in [5.41, 5.74) is 1.71. The molecule has 11 nitrogen and oxygen atoms in total. The molecule has 2 aromatic rings. The predicted molar refractivity (Wildman–Crippen MR) is 181 cm³/mol. The van der Waals surface area contributed by atoms with Crippen molar-refractivity contribution in [1.29, 1.82) is 0 Å². The lowest BCUT2D eigenvalue weighted by Crippen LogP contribution is -2.60. The number of benzene rings is 2. The van der Waals surface area contributed by atoms with Gasteiger partial charge >= 0.3 is 5.97 Å². The summed E-state index contributed by atoms with van der Waals surface area (Å²) < 4.78 is 23.2. The van der Waals surface area contributed by atoms with E-state index >= 15 is 0 Å². The second-order valence-electron chi connectivity index (χ2n) is 13.7. The van der Waals surface area contributed by atoms with E-state index in [9.17, 15) is 19.2 Å². The van der Waals surface area contributed by atoms with Crippen LogP contribution >= 0.6 is 0 Å². The molecule has 1 aliphatic carbocycles. The van der Waals surface area contributed by atoms with Crippen LogP contribution in [-0.2, 0) is 30.3 Å². The number of piperidine rings is 1. The van der Waals surface area contributed by atoms with Crippen molar-refractivity contribution >= 4 is 23.7 Å². The molecule has 3 aliphatic heterocycles. The third-order valence-electron chi connectivity index (χ3n) is 10.6. The normalized spacial score (nSPS) is 25.8. The van der Waals surface area contributed by atoms with Crippen molar-refractivity contribution in [2.45, 2.75) is 101 Å². The van der Waals surface area contributed by atoms with Crippen LogP contribution in [0.1, 0.15) is 87.9 Å². The molecule has 0 aromatic heterocycles. The summed E-state index contributed by atoms with van der Waals surface area (Å²) >= 11 is 0. The standard InChI is InChI=1S/C38H49N3O8/c1-46-32-19-17-25(22-33(32)47-2)16-18-31-27-12-8-13-28(23-27)48-24-34(42)40-21-9-15-29(40)36(43)39-35(26-10-4-3-5-11-26)37(44)41-20-7-6-14-30(41)38(45)49-31/h8,12-13,17,19,22-23,26,29-31,35H,3-7,9-11,14-16,18,20-21,24H2,1-2H3,(H,39,43)/t29-,30+,31-,35-/m1/s1. The molecular formula is C38H49N3O8. The van der Waals surface area contributed by atoms with Crippen LogP contribution in [0.2, 0.25) is 0 Å². The largest absolute Gasteiger partial charge is 0.493 e. The van der Waals surface area contributed by atoms with E-state index in [0.29, 0.717) is 62.4 Å². The van der Waals surface area contributed by atoms with E-state index in [-0.39, 0.29) is 30.2 Å². The van der Waals surface area contributed by atoms with Gasteiger partial charge in [-0.3, -0.25) is 14.4 Å².